The Morgan fingerprint density at radius 2 is 1.73 bits per heavy atom. The Hall–Kier alpha value is -3.47. The van der Waals surface area contributed by atoms with Gasteiger partial charge in [0, 0.05) is 11.8 Å². The predicted molar refractivity (Wildman–Crippen MR) is 101 cm³/mol. The summed E-state index contributed by atoms with van der Waals surface area (Å²) in [6.45, 7) is 0.410. The number of aromatic nitrogens is 3. The van der Waals surface area contributed by atoms with Gasteiger partial charge in [0.25, 0.3) is 5.56 Å². The molecular formula is C21H17N3O2. The molecule has 2 aromatic carbocycles. The van der Waals surface area contributed by atoms with Crippen LogP contribution < -0.4 is 10.3 Å². The lowest BCUT2D eigenvalue weighted by atomic mass is 10.1. The van der Waals surface area contributed by atoms with Crippen molar-refractivity contribution >= 4 is 10.9 Å². The predicted octanol–water partition coefficient (Wildman–Crippen LogP) is 3.52. The van der Waals surface area contributed by atoms with Crippen LogP contribution in [0.5, 0.6) is 5.75 Å². The van der Waals surface area contributed by atoms with Crippen LogP contribution in [0, 0.1) is 0 Å². The van der Waals surface area contributed by atoms with Gasteiger partial charge in [-0.15, -0.1) is 0 Å². The van der Waals surface area contributed by atoms with Crippen LogP contribution in [0.15, 0.2) is 77.7 Å². The molecule has 0 unspecified atom stereocenters. The van der Waals surface area contributed by atoms with Crippen LogP contribution in [0.25, 0.3) is 22.2 Å². The molecule has 0 aliphatic carbocycles. The molecule has 0 aliphatic heterocycles. The summed E-state index contributed by atoms with van der Waals surface area (Å²) in [5.74, 6) is 0.767. The summed E-state index contributed by atoms with van der Waals surface area (Å²) >= 11 is 0. The topological polar surface area (TPSA) is 57.0 Å². The number of benzene rings is 2. The summed E-state index contributed by atoms with van der Waals surface area (Å²) < 4.78 is 6.72. The molecule has 0 saturated carbocycles. The Morgan fingerprint density at radius 1 is 0.962 bits per heavy atom. The molecule has 0 aliphatic rings. The smallest absolute Gasteiger partial charge is 0.276 e. The third-order valence-electron chi connectivity index (χ3n) is 4.26. The Balaban J connectivity index is 1.90. The highest BCUT2D eigenvalue weighted by Gasteiger charge is 2.13. The highest BCUT2D eigenvalue weighted by molar-refractivity contribution is 5.90. The minimum Gasteiger partial charge on any atom is -0.497 e. The van der Waals surface area contributed by atoms with Gasteiger partial charge in [0.1, 0.15) is 17.0 Å². The van der Waals surface area contributed by atoms with E-state index in [1.54, 1.807) is 25.4 Å². The van der Waals surface area contributed by atoms with Gasteiger partial charge in [-0.1, -0.05) is 30.3 Å². The number of methoxy groups -OCH3 is 1. The molecule has 0 atom stereocenters. The van der Waals surface area contributed by atoms with Crippen molar-refractivity contribution in [3.8, 4) is 17.0 Å². The second-order valence-electron chi connectivity index (χ2n) is 5.93. The molecule has 0 amide bonds. The van der Waals surface area contributed by atoms with Gasteiger partial charge in [-0.3, -0.25) is 9.78 Å². The van der Waals surface area contributed by atoms with E-state index in [9.17, 15) is 4.79 Å². The Kier molecular flexibility index (Phi) is 4.19. The van der Waals surface area contributed by atoms with Crippen molar-refractivity contribution in [1.29, 1.82) is 0 Å². The van der Waals surface area contributed by atoms with Crippen molar-refractivity contribution in [2.45, 2.75) is 6.54 Å². The first kappa shape index (κ1) is 16.0. The number of hydrogen-bond acceptors (Lipinski definition) is 4. The summed E-state index contributed by atoms with van der Waals surface area (Å²) in [5, 5.41) is 5.18. The highest BCUT2D eigenvalue weighted by Crippen LogP contribution is 2.25. The Labute approximate surface area is 150 Å². The maximum Gasteiger partial charge on any atom is 0.276 e. The molecule has 5 heteroatoms. The van der Waals surface area contributed by atoms with Crippen molar-refractivity contribution in [1.82, 2.24) is 14.8 Å². The van der Waals surface area contributed by atoms with Crippen LogP contribution in [0.4, 0.5) is 0 Å². The maximum atomic E-state index is 12.9. The molecule has 2 aromatic heterocycles. The van der Waals surface area contributed by atoms with E-state index in [1.807, 2.05) is 54.6 Å². The van der Waals surface area contributed by atoms with Crippen molar-refractivity contribution in [2.75, 3.05) is 7.11 Å². The van der Waals surface area contributed by atoms with Crippen LogP contribution in [0.3, 0.4) is 0 Å². The van der Waals surface area contributed by atoms with Gasteiger partial charge in [-0.25, -0.2) is 4.68 Å². The van der Waals surface area contributed by atoms with Crippen LogP contribution in [0.2, 0.25) is 0 Å². The van der Waals surface area contributed by atoms with Crippen LogP contribution >= 0.6 is 0 Å². The molecule has 5 nitrogen and oxygen atoms in total. The molecule has 0 saturated heterocycles. The summed E-state index contributed by atoms with van der Waals surface area (Å²) in [4.78, 5) is 17.3. The van der Waals surface area contributed by atoms with E-state index in [4.69, 9.17) is 4.74 Å². The fraction of sp³-hybridized carbons (Fsp3) is 0.0952. The number of ether oxygens (including phenoxy) is 1. The van der Waals surface area contributed by atoms with Gasteiger partial charge in [-0.05, 0) is 42.0 Å². The van der Waals surface area contributed by atoms with E-state index in [0.717, 1.165) is 16.9 Å². The molecule has 4 aromatic rings. The van der Waals surface area contributed by atoms with E-state index in [1.165, 1.54) is 4.68 Å². The van der Waals surface area contributed by atoms with Crippen LogP contribution in [0.1, 0.15) is 5.56 Å². The van der Waals surface area contributed by atoms with E-state index < -0.39 is 0 Å². The average Bonchev–Trinajstić information content (AvgIpc) is 2.71. The number of fused-ring (bicyclic) bond motifs is 1. The fourth-order valence-electron chi connectivity index (χ4n) is 2.93. The standard InChI is InChI=1S/C21H17N3O2/c1-26-17-11-9-16(10-12-17)19-20-18(8-5-13-22-20)21(25)24(23-19)14-15-6-3-2-4-7-15/h2-13H,14H2,1H3. The van der Waals surface area contributed by atoms with Gasteiger partial charge in [0.15, 0.2) is 0 Å². The van der Waals surface area contributed by atoms with E-state index in [0.29, 0.717) is 23.1 Å². The molecule has 0 bridgehead atoms. The van der Waals surface area contributed by atoms with Gasteiger partial charge < -0.3 is 4.74 Å². The third kappa shape index (κ3) is 2.95. The first-order valence-electron chi connectivity index (χ1n) is 8.30. The second kappa shape index (κ2) is 6.80. The Bertz CT molecular complexity index is 1100. The summed E-state index contributed by atoms with van der Waals surface area (Å²) in [6.07, 6.45) is 1.68. The van der Waals surface area contributed by atoms with Crippen molar-refractivity contribution in [3.63, 3.8) is 0 Å². The lowest BCUT2D eigenvalue weighted by Crippen LogP contribution is -2.24. The van der Waals surface area contributed by atoms with Gasteiger partial charge in [-0.2, -0.15) is 5.10 Å². The largest absolute Gasteiger partial charge is 0.497 e. The summed E-state index contributed by atoms with van der Waals surface area (Å²) in [5.41, 5.74) is 3.04. The molecule has 0 radical (unpaired) electrons. The normalized spacial score (nSPS) is 10.8. The highest BCUT2D eigenvalue weighted by atomic mass is 16.5. The van der Waals surface area contributed by atoms with Crippen molar-refractivity contribution in [3.05, 3.63) is 88.8 Å². The number of rotatable bonds is 4. The van der Waals surface area contributed by atoms with Gasteiger partial charge in [0.05, 0.1) is 19.0 Å². The first-order valence-corrected chi connectivity index (χ1v) is 8.30. The monoisotopic (exact) mass is 343 g/mol. The van der Waals surface area contributed by atoms with E-state index >= 15 is 0 Å². The van der Waals surface area contributed by atoms with Gasteiger partial charge in [0.2, 0.25) is 0 Å². The van der Waals surface area contributed by atoms with Crippen LogP contribution in [-0.2, 0) is 6.54 Å². The average molecular weight is 343 g/mol. The molecule has 4 rings (SSSR count). The molecular weight excluding hydrogens is 326 g/mol. The number of nitrogens with zero attached hydrogens (tertiary/aromatic N) is 3. The first-order chi connectivity index (χ1) is 12.8. The fourth-order valence-corrected chi connectivity index (χ4v) is 2.93. The molecule has 0 N–H and O–H groups in total. The third-order valence-corrected chi connectivity index (χ3v) is 4.26. The van der Waals surface area contributed by atoms with E-state index in [-0.39, 0.29) is 5.56 Å². The molecule has 0 fully saturated rings. The molecule has 26 heavy (non-hydrogen) atoms. The molecule has 128 valence electrons. The number of hydrogen-bond donors (Lipinski definition) is 0. The lowest BCUT2D eigenvalue weighted by molar-refractivity contribution is 0.415. The summed E-state index contributed by atoms with van der Waals surface area (Å²) in [7, 11) is 1.63. The quantitative estimate of drug-likeness (QED) is 0.569. The van der Waals surface area contributed by atoms with Crippen molar-refractivity contribution in [2.24, 2.45) is 0 Å². The number of pyridine rings is 1. The Morgan fingerprint density at radius 3 is 2.46 bits per heavy atom. The maximum absolute atomic E-state index is 12.9. The van der Waals surface area contributed by atoms with E-state index in [2.05, 4.69) is 10.1 Å². The molecule has 0 spiro atoms. The van der Waals surface area contributed by atoms with Gasteiger partial charge >= 0.3 is 0 Å². The zero-order valence-corrected chi connectivity index (χ0v) is 14.3. The minimum absolute atomic E-state index is 0.144. The zero-order valence-electron chi connectivity index (χ0n) is 14.3. The van der Waals surface area contributed by atoms with Crippen molar-refractivity contribution < 1.29 is 4.74 Å². The SMILES string of the molecule is COc1ccc(-c2nn(Cc3ccccc3)c(=O)c3cccnc23)cc1. The second-order valence-corrected chi connectivity index (χ2v) is 5.93. The van der Waals surface area contributed by atoms with Crippen LogP contribution in [-0.4, -0.2) is 21.9 Å². The molecule has 2 heterocycles. The minimum atomic E-state index is -0.144. The summed E-state index contributed by atoms with van der Waals surface area (Å²) in [6, 6.07) is 21.0. The lowest BCUT2D eigenvalue weighted by Gasteiger charge is -2.11. The zero-order chi connectivity index (χ0) is 17.9.